The second kappa shape index (κ2) is 11.5. The summed E-state index contributed by atoms with van der Waals surface area (Å²) >= 11 is 0. The van der Waals surface area contributed by atoms with Gasteiger partial charge in [0.15, 0.2) is 0 Å². The number of likely N-dealkylation sites (tertiary alicyclic amines) is 1. The molecule has 108 valence electrons. The van der Waals surface area contributed by atoms with Gasteiger partial charge in [-0.25, -0.2) is 0 Å². The van der Waals surface area contributed by atoms with E-state index in [1.165, 1.54) is 6.42 Å². The molecule has 0 N–H and O–H groups in total. The highest BCUT2D eigenvalue weighted by molar-refractivity contribution is 5.87. The maximum Gasteiger partial charge on any atom is 0.246 e. The quantitative estimate of drug-likeness (QED) is 0.335. The van der Waals surface area contributed by atoms with Crippen LogP contribution in [0.25, 0.3) is 0 Å². The zero-order valence-corrected chi connectivity index (χ0v) is 12.6. The van der Waals surface area contributed by atoms with Gasteiger partial charge in [-0.15, -0.1) is 0 Å². The number of amides is 1. The molecule has 0 radical (unpaired) electrons. The number of nitrogens with zero attached hydrogens (tertiary/aromatic N) is 1. The molecule has 2 heteroatoms. The average molecular weight is 279 g/mol. The van der Waals surface area contributed by atoms with Crippen molar-refractivity contribution in [3.8, 4) is 35.5 Å². The SMILES string of the molecule is CC#CC#CC#CCCC=CC=CC(=O)N1CCCCC1. The van der Waals surface area contributed by atoms with Crippen LogP contribution in [0.5, 0.6) is 0 Å². The van der Waals surface area contributed by atoms with Crippen LogP contribution in [0.2, 0.25) is 0 Å². The molecule has 21 heavy (non-hydrogen) atoms. The van der Waals surface area contributed by atoms with Crippen molar-refractivity contribution < 1.29 is 4.79 Å². The smallest absolute Gasteiger partial charge is 0.246 e. The Kier molecular flexibility index (Phi) is 9.10. The lowest BCUT2D eigenvalue weighted by Gasteiger charge is -2.25. The minimum Gasteiger partial charge on any atom is -0.339 e. The van der Waals surface area contributed by atoms with E-state index in [9.17, 15) is 4.79 Å². The number of rotatable bonds is 4. The molecule has 0 aromatic carbocycles. The zero-order valence-electron chi connectivity index (χ0n) is 12.6. The maximum absolute atomic E-state index is 11.8. The fourth-order valence-electron chi connectivity index (χ4n) is 1.92. The Morgan fingerprint density at radius 1 is 1.05 bits per heavy atom. The fourth-order valence-corrected chi connectivity index (χ4v) is 1.92. The average Bonchev–Trinajstić information content (AvgIpc) is 2.53. The number of carbonyl (C=O) groups excluding carboxylic acids is 1. The highest BCUT2D eigenvalue weighted by Crippen LogP contribution is 2.08. The Morgan fingerprint density at radius 2 is 1.81 bits per heavy atom. The third kappa shape index (κ3) is 8.41. The predicted octanol–water partition coefficient (Wildman–Crippen LogP) is 2.92. The standard InChI is InChI=1S/C19H21NO/c1-2-3-4-5-6-7-8-9-10-11-13-16-19(21)20-17-14-12-15-18-20/h10-11,13,16H,8-9,12,14-15,17-18H2,1H3. The van der Waals surface area contributed by atoms with Crippen LogP contribution in [0.3, 0.4) is 0 Å². The lowest BCUT2D eigenvalue weighted by molar-refractivity contribution is -0.126. The second-order valence-electron chi connectivity index (χ2n) is 4.64. The highest BCUT2D eigenvalue weighted by atomic mass is 16.2. The summed E-state index contributed by atoms with van der Waals surface area (Å²) in [4.78, 5) is 13.7. The largest absolute Gasteiger partial charge is 0.339 e. The van der Waals surface area contributed by atoms with E-state index >= 15 is 0 Å². The van der Waals surface area contributed by atoms with Gasteiger partial charge in [-0.3, -0.25) is 4.79 Å². The minimum absolute atomic E-state index is 0.117. The van der Waals surface area contributed by atoms with Crippen molar-refractivity contribution >= 4 is 5.91 Å². The summed E-state index contributed by atoms with van der Waals surface area (Å²) in [5.74, 6) is 16.4. The van der Waals surface area contributed by atoms with Crippen molar-refractivity contribution in [2.45, 2.75) is 39.0 Å². The van der Waals surface area contributed by atoms with Gasteiger partial charge in [0.1, 0.15) is 0 Å². The summed E-state index contributed by atoms with van der Waals surface area (Å²) in [6.45, 7) is 3.54. The first-order valence-corrected chi connectivity index (χ1v) is 7.36. The topological polar surface area (TPSA) is 20.3 Å². The van der Waals surface area contributed by atoms with Gasteiger partial charge in [0.05, 0.1) is 0 Å². The Balaban J connectivity index is 2.19. The Labute approximate surface area is 128 Å². The monoisotopic (exact) mass is 279 g/mol. The van der Waals surface area contributed by atoms with Crippen LogP contribution in [-0.2, 0) is 4.79 Å². The molecule has 0 unspecified atom stereocenters. The van der Waals surface area contributed by atoms with E-state index < -0.39 is 0 Å². The fraction of sp³-hybridized carbons (Fsp3) is 0.421. The molecule has 1 heterocycles. The first-order chi connectivity index (χ1) is 10.3. The molecule has 0 aromatic rings. The van der Waals surface area contributed by atoms with E-state index in [4.69, 9.17) is 0 Å². The molecule has 1 saturated heterocycles. The van der Waals surface area contributed by atoms with Crippen LogP contribution >= 0.6 is 0 Å². The third-order valence-corrected chi connectivity index (χ3v) is 2.99. The summed E-state index contributed by atoms with van der Waals surface area (Å²) in [7, 11) is 0. The summed E-state index contributed by atoms with van der Waals surface area (Å²) in [5, 5.41) is 0. The lowest BCUT2D eigenvalue weighted by Crippen LogP contribution is -2.34. The molecule has 0 saturated carbocycles. The van der Waals surface area contributed by atoms with E-state index in [1.54, 1.807) is 19.1 Å². The molecule has 0 bridgehead atoms. The van der Waals surface area contributed by atoms with Crippen molar-refractivity contribution in [2.24, 2.45) is 0 Å². The summed E-state index contributed by atoms with van der Waals surface area (Å²) in [5.41, 5.74) is 0. The number of hydrogen-bond acceptors (Lipinski definition) is 1. The van der Waals surface area contributed by atoms with Crippen LogP contribution < -0.4 is 0 Å². The molecule has 1 rings (SSSR count). The van der Waals surface area contributed by atoms with Gasteiger partial charge in [-0.2, -0.15) is 0 Å². The molecular weight excluding hydrogens is 258 g/mol. The molecule has 1 aliphatic heterocycles. The van der Waals surface area contributed by atoms with Crippen molar-refractivity contribution in [3.63, 3.8) is 0 Å². The van der Waals surface area contributed by atoms with Gasteiger partial charge >= 0.3 is 0 Å². The van der Waals surface area contributed by atoms with E-state index in [0.29, 0.717) is 0 Å². The minimum atomic E-state index is 0.117. The molecule has 0 aromatic heterocycles. The summed E-state index contributed by atoms with van der Waals surface area (Å²) in [6, 6.07) is 0. The maximum atomic E-state index is 11.8. The zero-order chi connectivity index (χ0) is 15.2. The normalized spacial score (nSPS) is 13.9. The number of allylic oxidation sites excluding steroid dienone is 3. The predicted molar refractivity (Wildman–Crippen MR) is 86.9 cm³/mol. The van der Waals surface area contributed by atoms with E-state index in [0.717, 1.165) is 38.8 Å². The van der Waals surface area contributed by atoms with Gasteiger partial charge in [0.2, 0.25) is 5.91 Å². The van der Waals surface area contributed by atoms with Crippen LogP contribution in [0.4, 0.5) is 0 Å². The molecule has 0 spiro atoms. The van der Waals surface area contributed by atoms with Gasteiger partial charge < -0.3 is 4.90 Å². The van der Waals surface area contributed by atoms with Gasteiger partial charge in [-0.05, 0) is 56.3 Å². The Hall–Kier alpha value is -2.37. The molecule has 2 nitrogen and oxygen atoms in total. The van der Waals surface area contributed by atoms with Crippen molar-refractivity contribution in [3.05, 3.63) is 24.3 Å². The molecule has 1 aliphatic rings. The Bertz CT molecular complexity index is 558. The summed E-state index contributed by atoms with van der Waals surface area (Å²) < 4.78 is 0. The first kappa shape index (κ1) is 16.7. The highest BCUT2D eigenvalue weighted by Gasteiger charge is 2.12. The molecule has 0 atom stereocenters. The molecule has 0 aliphatic carbocycles. The van der Waals surface area contributed by atoms with Crippen LogP contribution in [0, 0.1) is 35.5 Å². The van der Waals surface area contributed by atoms with Gasteiger partial charge in [-0.1, -0.05) is 30.1 Å². The van der Waals surface area contributed by atoms with Crippen molar-refractivity contribution in [1.82, 2.24) is 4.90 Å². The third-order valence-electron chi connectivity index (χ3n) is 2.99. The number of unbranched alkanes of at least 4 members (excludes halogenated alkanes) is 1. The van der Waals surface area contributed by atoms with Crippen LogP contribution in [0.1, 0.15) is 39.0 Å². The lowest BCUT2D eigenvalue weighted by atomic mass is 10.1. The van der Waals surface area contributed by atoms with E-state index in [2.05, 4.69) is 35.5 Å². The van der Waals surface area contributed by atoms with E-state index in [-0.39, 0.29) is 5.91 Å². The first-order valence-electron chi connectivity index (χ1n) is 7.36. The number of piperidine rings is 1. The van der Waals surface area contributed by atoms with Crippen LogP contribution in [0.15, 0.2) is 24.3 Å². The van der Waals surface area contributed by atoms with Crippen molar-refractivity contribution in [2.75, 3.05) is 13.1 Å². The Morgan fingerprint density at radius 3 is 2.57 bits per heavy atom. The van der Waals surface area contributed by atoms with Crippen LogP contribution in [-0.4, -0.2) is 23.9 Å². The summed E-state index contributed by atoms with van der Waals surface area (Å²) in [6.07, 6.45) is 12.5. The van der Waals surface area contributed by atoms with Crippen molar-refractivity contribution in [1.29, 1.82) is 0 Å². The molecular formula is C19H21NO. The van der Waals surface area contributed by atoms with Gasteiger partial charge in [0.25, 0.3) is 0 Å². The molecule has 1 fully saturated rings. The number of hydrogen-bond donors (Lipinski definition) is 0. The second-order valence-corrected chi connectivity index (χ2v) is 4.64. The van der Waals surface area contributed by atoms with E-state index in [1.807, 2.05) is 17.1 Å². The molecule has 1 amide bonds. The number of carbonyl (C=O) groups is 1. The van der Waals surface area contributed by atoms with Gasteiger partial charge in [0, 0.05) is 25.6 Å².